The van der Waals surface area contributed by atoms with Crippen molar-refractivity contribution in [3.63, 3.8) is 0 Å². The summed E-state index contributed by atoms with van der Waals surface area (Å²) in [5.41, 5.74) is 1.03. The zero-order chi connectivity index (χ0) is 16.4. The molecule has 1 aromatic heterocycles. The molecule has 0 fully saturated rings. The zero-order valence-electron chi connectivity index (χ0n) is 12.0. The van der Waals surface area contributed by atoms with Crippen molar-refractivity contribution in [2.45, 2.75) is 0 Å². The maximum Gasteiger partial charge on any atom is 0.270 e. The lowest BCUT2D eigenvalue weighted by molar-refractivity contribution is -0.384. The van der Waals surface area contributed by atoms with E-state index in [2.05, 4.69) is 10.3 Å². The number of nitro benzene ring substituents is 1. The van der Waals surface area contributed by atoms with Gasteiger partial charge in [0.05, 0.1) is 22.2 Å². The number of benzene rings is 2. The third-order valence-electron chi connectivity index (χ3n) is 3.14. The van der Waals surface area contributed by atoms with Crippen LogP contribution < -0.4 is 10.1 Å². The number of thiazole rings is 1. The lowest BCUT2D eigenvalue weighted by atomic mass is 10.2. The smallest absolute Gasteiger partial charge is 0.270 e. The fourth-order valence-corrected chi connectivity index (χ4v) is 2.91. The quantitative estimate of drug-likeness (QED) is 0.584. The molecule has 1 heterocycles. The van der Waals surface area contributed by atoms with Crippen LogP contribution >= 0.6 is 11.3 Å². The van der Waals surface area contributed by atoms with E-state index in [-0.39, 0.29) is 11.6 Å². The molecule has 7 nitrogen and oxygen atoms in total. The van der Waals surface area contributed by atoms with Crippen molar-refractivity contribution in [3.8, 4) is 5.75 Å². The van der Waals surface area contributed by atoms with Crippen LogP contribution in [0.4, 0.5) is 10.8 Å². The summed E-state index contributed by atoms with van der Waals surface area (Å²) in [7, 11) is 1.53. The Morgan fingerprint density at radius 1 is 1.30 bits per heavy atom. The molecular weight excluding hydrogens is 318 g/mol. The second kappa shape index (κ2) is 6.01. The molecule has 23 heavy (non-hydrogen) atoms. The van der Waals surface area contributed by atoms with Crippen molar-refractivity contribution in [3.05, 3.63) is 58.1 Å². The van der Waals surface area contributed by atoms with Crippen LogP contribution in [0.3, 0.4) is 0 Å². The fourth-order valence-electron chi connectivity index (χ4n) is 2.01. The van der Waals surface area contributed by atoms with Gasteiger partial charge in [0.2, 0.25) is 0 Å². The van der Waals surface area contributed by atoms with Crippen LogP contribution in [0.2, 0.25) is 0 Å². The van der Waals surface area contributed by atoms with Crippen LogP contribution in [0.25, 0.3) is 10.2 Å². The van der Waals surface area contributed by atoms with Gasteiger partial charge in [0.15, 0.2) is 5.13 Å². The molecule has 8 heteroatoms. The second-order valence-corrected chi connectivity index (χ2v) is 5.64. The molecule has 0 bridgehead atoms. The van der Waals surface area contributed by atoms with Crippen molar-refractivity contribution >= 4 is 38.3 Å². The lowest BCUT2D eigenvalue weighted by Crippen LogP contribution is -2.11. The summed E-state index contributed by atoms with van der Waals surface area (Å²) in [5.74, 6) is 0.259. The van der Waals surface area contributed by atoms with E-state index < -0.39 is 4.92 Å². The summed E-state index contributed by atoms with van der Waals surface area (Å²) in [6.45, 7) is 0. The third kappa shape index (κ3) is 3.11. The van der Waals surface area contributed by atoms with E-state index in [1.54, 1.807) is 30.3 Å². The van der Waals surface area contributed by atoms with E-state index in [1.165, 1.54) is 30.6 Å². The maximum atomic E-state index is 12.2. The van der Waals surface area contributed by atoms with E-state index in [4.69, 9.17) is 4.74 Å². The van der Waals surface area contributed by atoms with Gasteiger partial charge in [0.1, 0.15) is 5.75 Å². The van der Waals surface area contributed by atoms with Crippen LogP contribution in [0, 0.1) is 10.1 Å². The van der Waals surface area contributed by atoms with Gasteiger partial charge >= 0.3 is 0 Å². The molecule has 0 unspecified atom stereocenters. The molecule has 116 valence electrons. The Bertz CT molecular complexity index is 907. The van der Waals surface area contributed by atoms with E-state index in [0.717, 1.165) is 0 Å². The lowest BCUT2D eigenvalue weighted by Gasteiger charge is -2.03. The highest BCUT2D eigenvalue weighted by Gasteiger charge is 2.13. The van der Waals surface area contributed by atoms with Crippen LogP contribution in [0.15, 0.2) is 42.5 Å². The first-order chi connectivity index (χ1) is 11.1. The van der Waals surface area contributed by atoms with Gasteiger partial charge in [0, 0.05) is 17.7 Å². The number of nitro groups is 1. The van der Waals surface area contributed by atoms with Crippen molar-refractivity contribution in [1.82, 2.24) is 4.98 Å². The number of carbonyl (C=O) groups is 1. The Kier molecular flexibility index (Phi) is 3.90. The highest BCUT2D eigenvalue weighted by atomic mass is 32.1. The Balaban J connectivity index is 1.85. The summed E-state index contributed by atoms with van der Waals surface area (Å²) >= 11 is 1.18. The number of amides is 1. The van der Waals surface area contributed by atoms with E-state index in [1.807, 2.05) is 0 Å². The Hall–Kier alpha value is -3.00. The first-order valence-corrected chi connectivity index (χ1v) is 7.39. The zero-order valence-corrected chi connectivity index (χ0v) is 12.8. The number of hydrogen-bond acceptors (Lipinski definition) is 6. The molecule has 0 saturated carbocycles. The number of nitrogens with zero attached hydrogens (tertiary/aromatic N) is 2. The van der Waals surface area contributed by atoms with Gasteiger partial charge < -0.3 is 4.74 Å². The standard InChI is InChI=1S/C15H11N3O4S/c1-22-11-4-2-3-9(7-11)14(19)17-15-16-12-6-5-10(18(20)21)8-13(12)23-15/h2-8H,1H3,(H,16,17,19). The second-order valence-electron chi connectivity index (χ2n) is 4.61. The molecule has 0 spiro atoms. The van der Waals surface area contributed by atoms with E-state index in [0.29, 0.717) is 26.7 Å². The molecule has 0 atom stereocenters. The van der Waals surface area contributed by atoms with Crippen LogP contribution in [-0.4, -0.2) is 22.9 Å². The van der Waals surface area contributed by atoms with E-state index >= 15 is 0 Å². The maximum absolute atomic E-state index is 12.2. The van der Waals surface area contributed by atoms with Gasteiger partial charge in [-0.05, 0) is 24.3 Å². The number of carbonyl (C=O) groups excluding carboxylic acids is 1. The molecule has 3 aromatic rings. The predicted octanol–water partition coefficient (Wildman–Crippen LogP) is 3.47. The van der Waals surface area contributed by atoms with E-state index in [9.17, 15) is 14.9 Å². The topological polar surface area (TPSA) is 94.4 Å². The number of hydrogen-bond donors (Lipinski definition) is 1. The van der Waals surface area contributed by atoms with Gasteiger partial charge in [-0.2, -0.15) is 0 Å². The van der Waals surface area contributed by atoms with Gasteiger partial charge in [-0.15, -0.1) is 0 Å². The van der Waals surface area contributed by atoms with Crippen molar-refractivity contribution in [2.24, 2.45) is 0 Å². The summed E-state index contributed by atoms with van der Waals surface area (Å²) in [4.78, 5) is 26.8. The van der Waals surface area contributed by atoms with Gasteiger partial charge in [0.25, 0.3) is 11.6 Å². The number of ether oxygens (including phenoxy) is 1. The molecule has 0 aliphatic heterocycles. The van der Waals surface area contributed by atoms with Crippen molar-refractivity contribution in [2.75, 3.05) is 12.4 Å². The number of aromatic nitrogens is 1. The molecule has 0 aliphatic carbocycles. The molecule has 0 radical (unpaired) electrons. The minimum Gasteiger partial charge on any atom is -0.497 e. The Labute approximate surface area is 134 Å². The molecular formula is C15H11N3O4S. The van der Waals surface area contributed by atoms with Crippen LogP contribution in [-0.2, 0) is 0 Å². The molecule has 3 rings (SSSR count). The van der Waals surface area contributed by atoms with Gasteiger partial charge in [-0.25, -0.2) is 4.98 Å². The molecule has 0 saturated heterocycles. The number of nitrogens with one attached hydrogen (secondary N) is 1. The SMILES string of the molecule is COc1cccc(C(=O)Nc2nc3ccc([N+](=O)[O-])cc3s2)c1. The number of anilines is 1. The van der Waals surface area contributed by atoms with Crippen molar-refractivity contribution < 1.29 is 14.5 Å². The van der Waals surface area contributed by atoms with Gasteiger partial charge in [-0.1, -0.05) is 17.4 Å². The fraction of sp³-hybridized carbons (Fsp3) is 0.0667. The van der Waals surface area contributed by atoms with Crippen LogP contribution in [0.5, 0.6) is 5.75 Å². The first kappa shape index (κ1) is 14.9. The highest BCUT2D eigenvalue weighted by molar-refractivity contribution is 7.22. The van der Waals surface area contributed by atoms with Crippen molar-refractivity contribution in [1.29, 1.82) is 0 Å². The average Bonchev–Trinajstić information content (AvgIpc) is 2.96. The number of fused-ring (bicyclic) bond motifs is 1. The average molecular weight is 329 g/mol. The third-order valence-corrected chi connectivity index (χ3v) is 4.07. The largest absolute Gasteiger partial charge is 0.497 e. The predicted molar refractivity (Wildman–Crippen MR) is 87.2 cm³/mol. The Morgan fingerprint density at radius 2 is 2.13 bits per heavy atom. The summed E-state index contributed by atoms with van der Waals surface area (Å²) in [6, 6.07) is 11.1. The number of methoxy groups -OCH3 is 1. The minimum absolute atomic E-state index is 0.00757. The van der Waals surface area contributed by atoms with Crippen LogP contribution in [0.1, 0.15) is 10.4 Å². The Morgan fingerprint density at radius 3 is 2.87 bits per heavy atom. The summed E-state index contributed by atoms with van der Waals surface area (Å²) < 4.78 is 5.72. The molecule has 1 amide bonds. The highest BCUT2D eigenvalue weighted by Crippen LogP contribution is 2.29. The summed E-state index contributed by atoms with van der Waals surface area (Å²) in [6.07, 6.45) is 0. The number of non-ortho nitro benzene ring substituents is 1. The van der Waals surface area contributed by atoms with Gasteiger partial charge in [-0.3, -0.25) is 20.2 Å². The minimum atomic E-state index is -0.465. The molecule has 0 aliphatic rings. The number of rotatable bonds is 4. The molecule has 2 aromatic carbocycles. The normalized spacial score (nSPS) is 10.5. The summed E-state index contributed by atoms with van der Waals surface area (Å²) in [5, 5.41) is 13.9. The molecule has 1 N–H and O–H groups in total. The monoisotopic (exact) mass is 329 g/mol. The first-order valence-electron chi connectivity index (χ1n) is 6.57.